The molecule has 0 fully saturated rings. The molecule has 1 heterocycles. The molecule has 0 spiro atoms. The highest BCUT2D eigenvalue weighted by Gasteiger charge is 2.22. The normalized spacial score (nSPS) is 13.4. The lowest BCUT2D eigenvalue weighted by molar-refractivity contribution is 0.0993. The minimum Gasteiger partial charge on any atom is -0.383 e. The first kappa shape index (κ1) is 20.8. The summed E-state index contributed by atoms with van der Waals surface area (Å²) in [6, 6.07) is 14.3. The minimum atomic E-state index is -0.393. The minimum absolute atomic E-state index is 0.00847. The smallest absolute Gasteiger partial charge is 0.262 e. The van der Waals surface area contributed by atoms with Gasteiger partial charge < -0.3 is 4.74 Å². The summed E-state index contributed by atoms with van der Waals surface area (Å²) in [6.07, 6.45) is 0. The van der Waals surface area contributed by atoms with Gasteiger partial charge >= 0.3 is 0 Å². The Morgan fingerprint density at radius 2 is 1.86 bits per heavy atom. The Morgan fingerprint density at radius 3 is 2.54 bits per heavy atom. The van der Waals surface area contributed by atoms with Gasteiger partial charge in [0.15, 0.2) is 10.9 Å². The number of rotatable bonds is 7. The van der Waals surface area contributed by atoms with Gasteiger partial charge in [-0.05, 0) is 38.1 Å². The number of ketones is 1. The molecule has 0 aliphatic rings. The van der Waals surface area contributed by atoms with E-state index in [1.54, 1.807) is 29.9 Å². The van der Waals surface area contributed by atoms with Crippen LogP contribution in [0.4, 0.5) is 0 Å². The van der Waals surface area contributed by atoms with Crippen molar-refractivity contribution in [2.24, 2.45) is 0 Å². The first-order valence-electron chi connectivity index (χ1n) is 8.89. The molecule has 3 rings (SSSR count). The van der Waals surface area contributed by atoms with Crippen LogP contribution >= 0.6 is 27.7 Å². The summed E-state index contributed by atoms with van der Waals surface area (Å²) < 4.78 is 7.79. The second-order valence-electron chi connectivity index (χ2n) is 6.52. The monoisotopic (exact) mass is 460 g/mol. The number of fused-ring (bicyclic) bond motifs is 1. The fraction of sp³-hybridized carbons (Fsp3) is 0.286. The number of methoxy groups -OCH3 is 1. The second kappa shape index (κ2) is 9.03. The number of carbonyl (C=O) groups is 1. The first-order chi connectivity index (χ1) is 13.4. The van der Waals surface area contributed by atoms with Gasteiger partial charge in [-0.3, -0.25) is 14.2 Å². The molecule has 0 amide bonds. The summed E-state index contributed by atoms with van der Waals surface area (Å²) in [5, 5.41) is 0.683. The van der Waals surface area contributed by atoms with Crippen LogP contribution < -0.4 is 5.56 Å². The molecule has 7 heteroatoms. The van der Waals surface area contributed by atoms with Crippen LogP contribution in [0.25, 0.3) is 10.9 Å². The maximum absolute atomic E-state index is 13.1. The number of nitrogens with zero attached hydrogens (tertiary/aromatic N) is 2. The van der Waals surface area contributed by atoms with Crippen molar-refractivity contribution in [3.8, 4) is 0 Å². The van der Waals surface area contributed by atoms with Crippen LogP contribution in [0.5, 0.6) is 0 Å². The van der Waals surface area contributed by atoms with Gasteiger partial charge in [-0.1, -0.05) is 52.0 Å². The third-order valence-electron chi connectivity index (χ3n) is 4.40. The maximum Gasteiger partial charge on any atom is 0.262 e. The number of thioether (sulfide) groups is 1. The fourth-order valence-corrected chi connectivity index (χ4v) is 4.32. The van der Waals surface area contributed by atoms with Crippen molar-refractivity contribution < 1.29 is 9.53 Å². The molecule has 2 aromatic carbocycles. The number of halogens is 1. The van der Waals surface area contributed by atoms with Crippen LogP contribution in [-0.2, 0) is 4.74 Å². The van der Waals surface area contributed by atoms with E-state index in [9.17, 15) is 9.59 Å². The summed E-state index contributed by atoms with van der Waals surface area (Å²) in [7, 11) is 1.60. The summed E-state index contributed by atoms with van der Waals surface area (Å²) >= 11 is 4.68. The molecule has 0 saturated carbocycles. The van der Waals surface area contributed by atoms with Crippen molar-refractivity contribution in [3.63, 3.8) is 0 Å². The number of benzene rings is 2. The zero-order valence-electron chi connectivity index (χ0n) is 15.9. The SMILES string of the molecule is COC[C@H](C)n1c(S[C@H](C)C(=O)c2ccc(Br)cc2)nc2ccccc2c1=O. The Balaban J connectivity index is 2.00. The van der Waals surface area contributed by atoms with Crippen LogP contribution in [0.1, 0.15) is 30.2 Å². The Morgan fingerprint density at radius 1 is 1.18 bits per heavy atom. The van der Waals surface area contributed by atoms with E-state index in [0.717, 1.165) is 4.47 Å². The van der Waals surface area contributed by atoms with Crippen molar-refractivity contribution >= 4 is 44.4 Å². The van der Waals surface area contributed by atoms with Gasteiger partial charge in [0.2, 0.25) is 0 Å². The Labute approximate surface area is 176 Å². The third-order valence-corrected chi connectivity index (χ3v) is 6.00. The summed E-state index contributed by atoms with van der Waals surface area (Å²) in [5.74, 6) is -0.00847. The zero-order valence-corrected chi connectivity index (χ0v) is 18.3. The fourth-order valence-electron chi connectivity index (χ4n) is 2.97. The third kappa shape index (κ3) is 4.37. The van der Waals surface area contributed by atoms with Gasteiger partial charge in [-0.2, -0.15) is 0 Å². The molecule has 0 radical (unpaired) electrons. The van der Waals surface area contributed by atoms with Crippen molar-refractivity contribution in [1.82, 2.24) is 9.55 Å². The molecular formula is C21H21BrN2O3S. The number of Topliss-reactive ketones (excluding diaryl/α,β-unsaturated/α-hetero) is 1. The van der Waals surface area contributed by atoms with E-state index in [1.807, 2.05) is 44.2 Å². The van der Waals surface area contributed by atoms with E-state index in [0.29, 0.717) is 28.2 Å². The number of hydrogen-bond donors (Lipinski definition) is 0. The highest BCUT2D eigenvalue weighted by molar-refractivity contribution is 9.10. The van der Waals surface area contributed by atoms with Gasteiger partial charge in [0.1, 0.15) is 0 Å². The number of aromatic nitrogens is 2. The highest BCUT2D eigenvalue weighted by atomic mass is 79.9. The molecule has 0 bridgehead atoms. The molecular weight excluding hydrogens is 440 g/mol. The van der Waals surface area contributed by atoms with E-state index in [2.05, 4.69) is 20.9 Å². The topological polar surface area (TPSA) is 61.2 Å². The molecule has 2 atom stereocenters. The molecule has 0 aliphatic carbocycles. The molecule has 0 saturated heterocycles. The molecule has 1 aromatic heterocycles. The second-order valence-corrected chi connectivity index (χ2v) is 8.75. The van der Waals surface area contributed by atoms with Crippen LogP contribution in [0.3, 0.4) is 0 Å². The molecule has 3 aromatic rings. The van der Waals surface area contributed by atoms with Crippen LogP contribution in [-0.4, -0.2) is 34.3 Å². The van der Waals surface area contributed by atoms with E-state index in [1.165, 1.54) is 11.8 Å². The van der Waals surface area contributed by atoms with Crippen molar-refractivity contribution in [2.75, 3.05) is 13.7 Å². The first-order valence-corrected chi connectivity index (χ1v) is 10.6. The maximum atomic E-state index is 13.1. The molecule has 0 aliphatic heterocycles. The molecule has 0 unspecified atom stereocenters. The summed E-state index contributed by atoms with van der Waals surface area (Å²) in [5.41, 5.74) is 1.13. The lowest BCUT2D eigenvalue weighted by Crippen LogP contribution is -2.29. The highest BCUT2D eigenvalue weighted by Crippen LogP contribution is 2.27. The number of carbonyl (C=O) groups excluding carboxylic acids is 1. The predicted molar refractivity (Wildman–Crippen MR) is 116 cm³/mol. The van der Waals surface area contributed by atoms with Gasteiger partial charge in [0, 0.05) is 17.1 Å². The molecule has 146 valence electrons. The van der Waals surface area contributed by atoms with Crippen LogP contribution in [0, 0.1) is 0 Å². The predicted octanol–water partition coefficient (Wildman–Crippen LogP) is 4.73. The average molecular weight is 461 g/mol. The number of hydrogen-bond acceptors (Lipinski definition) is 5. The summed E-state index contributed by atoms with van der Waals surface area (Å²) in [4.78, 5) is 30.6. The Bertz CT molecular complexity index is 1050. The standard InChI is InChI=1S/C21H21BrN2O3S/c1-13(12-27-3)24-20(26)17-6-4-5-7-18(17)23-21(24)28-14(2)19(25)15-8-10-16(22)11-9-15/h4-11,13-14H,12H2,1-3H3/t13-,14+/m0/s1. The van der Waals surface area contributed by atoms with Crippen LogP contribution in [0.2, 0.25) is 0 Å². The lowest BCUT2D eigenvalue weighted by atomic mass is 10.1. The van der Waals surface area contributed by atoms with Gasteiger partial charge in [0.25, 0.3) is 5.56 Å². The summed E-state index contributed by atoms with van der Waals surface area (Å²) in [6.45, 7) is 4.12. The van der Waals surface area contributed by atoms with Crippen molar-refractivity contribution in [1.29, 1.82) is 0 Å². The van der Waals surface area contributed by atoms with Gasteiger partial charge in [-0.25, -0.2) is 4.98 Å². The molecule has 28 heavy (non-hydrogen) atoms. The van der Waals surface area contributed by atoms with E-state index >= 15 is 0 Å². The average Bonchev–Trinajstić information content (AvgIpc) is 2.68. The Kier molecular flexibility index (Phi) is 6.69. The Hall–Kier alpha value is -1.96. The molecule has 0 N–H and O–H groups in total. The van der Waals surface area contributed by atoms with Crippen molar-refractivity contribution in [3.05, 3.63) is 68.9 Å². The number of para-hydroxylation sites is 1. The van der Waals surface area contributed by atoms with E-state index in [4.69, 9.17) is 4.74 Å². The van der Waals surface area contributed by atoms with Gasteiger partial charge in [0.05, 0.1) is 28.8 Å². The van der Waals surface area contributed by atoms with Crippen LogP contribution in [0.15, 0.2) is 63.0 Å². The van der Waals surface area contributed by atoms with E-state index < -0.39 is 5.25 Å². The largest absolute Gasteiger partial charge is 0.383 e. The zero-order chi connectivity index (χ0) is 20.3. The van der Waals surface area contributed by atoms with Crippen molar-refractivity contribution in [2.45, 2.75) is 30.3 Å². The number of ether oxygens (including phenoxy) is 1. The van der Waals surface area contributed by atoms with Gasteiger partial charge in [-0.15, -0.1) is 0 Å². The quantitative estimate of drug-likeness (QED) is 0.289. The molecule has 5 nitrogen and oxygen atoms in total. The van der Waals surface area contributed by atoms with E-state index in [-0.39, 0.29) is 17.4 Å². The lowest BCUT2D eigenvalue weighted by Gasteiger charge is -2.20.